The lowest BCUT2D eigenvalue weighted by molar-refractivity contribution is 0.151. The van der Waals surface area contributed by atoms with Crippen LogP contribution in [0, 0.1) is 5.92 Å². The van der Waals surface area contributed by atoms with Gasteiger partial charge in [-0.25, -0.2) is 4.98 Å². The zero-order valence-electron chi connectivity index (χ0n) is 11.0. The molecule has 0 radical (unpaired) electrons. The van der Waals surface area contributed by atoms with Crippen LogP contribution in [0.4, 0.5) is 5.13 Å². The Bertz CT molecular complexity index is 417. The summed E-state index contributed by atoms with van der Waals surface area (Å²) < 4.78 is 0. The number of nitrogens with one attached hydrogen (secondary N) is 1. The molecule has 100 valence electrons. The van der Waals surface area contributed by atoms with Gasteiger partial charge < -0.3 is 16.0 Å². The summed E-state index contributed by atoms with van der Waals surface area (Å²) in [6.45, 7) is 6.94. The van der Waals surface area contributed by atoms with Gasteiger partial charge in [0.25, 0.3) is 0 Å². The Hall–Kier alpha value is -0.650. The topological polar surface area (TPSA) is 54.2 Å². The average Bonchev–Trinajstić information content (AvgIpc) is 2.78. The SMILES string of the molecule is CCN1CCCC(C2NCCc3nc(N)sc32)C1. The molecule has 1 saturated heterocycles. The van der Waals surface area contributed by atoms with Crippen molar-refractivity contribution in [3.05, 3.63) is 10.6 Å². The van der Waals surface area contributed by atoms with Gasteiger partial charge in [-0.05, 0) is 31.8 Å². The predicted octanol–water partition coefficient (Wildman–Crippen LogP) is 1.64. The van der Waals surface area contributed by atoms with Crippen molar-refractivity contribution in [3.8, 4) is 0 Å². The number of thiazole rings is 1. The van der Waals surface area contributed by atoms with Crippen molar-refractivity contribution in [3.63, 3.8) is 0 Å². The first-order valence-electron chi connectivity index (χ1n) is 6.98. The largest absolute Gasteiger partial charge is 0.375 e. The van der Waals surface area contributed by atoms with Crippen molar-refractivity contribution < 1.29 is 0 Å². The van der Waals surface area contributed by atoms with Crippen molar-refractivity contribution in [2.45, 2.75) is 32.2 Å². The second-order valence-electron chi connectivity index (χ2n) is 5.34. The smallest absolute Gasteiger partial charge is 0.180 e. The van der Waals surface area contributed by atoms with Gasteiger partial charge in [-0.1, -0.05) is 6.92 Å². The molecule has 2 atom stereocenters. The third-order valence-electron chi connectivity index (χ3n) is 4.21. The average molecular weight is 266 g/mol. The number of nitrogen functional groups attached to an aromatic ring is 1. The summed E-state index contributed by atoms with van der Waals surface area (Å²) in [5.41, 5.74) is 7.12. The normalized spacial score (nSPS) is 29.2. The molecule has 1 fully saturated rings. The summed E-state index contributed by atoms with van der Waals surface area (Å²) in [4.78, 5) is 8.45. The first-order chi connectivity index (χ1) is 8.78. The highest BCUT2D eigenvalue weighted by atomic mass is 32.1. The summed E-state index contributed by atoms with van der Waals surface area (Å²) >= 11 is 1.69. The van der Waals surface area contributed by atoms with Gasteiger partial charge in [0, 0.05) is 30.4 Å². The molecular weight excluding hydrogens is 244 g/mol. The lowest BCUT2D eigenvalue weighted by Gasteiger charge is -2.38. The number of rotatable bonds is 2. The molecule has 0 aliphatic carbocycles. The van der Waals surface area contributed by atoms with Gasteiger partial charge in [0.05, 0.1) is 5.69 Å². The van der Waals surface area contributed by atoms with Crippen LogP contribution in [0.1, 0.15) is 36.4 Å². The van der Waals surface area contributed by atoms with E-state index in [0.717, 1.165) is 24.0 Å². The van der Waals surface area contributed by atoms with E-state index in [4.69, 9.17) is 5.73 Å². The minimum atomic E-state index is 0.484. The molecule has 0 spiro atoms. The van der Waals surface area contributed by atoms with Crippen LogP contribution in [0.2, 0.25) is 0 Å². The van der Waals surface area contributed by atoms with Gasteiger partial charge in [-0.15, -0.1) is 11.3 Å². The van der Waals surface area contributed by atoms with Gasteiger partial charge in [0.1, 0.15) is 0 Å². The van der Waals surface area contributed by atoms with Crippen LogP contribution in [0.15, 0.2) is 0 Å². The van der Waals surface area contributed by atoms with E-state index in [0.29, 0.717) is 6.04 Å². The molecular formula is C13H22N4S. The molecule has 0 bridgehead atoms. The van der Waals surface area contributed by atoms with E-state index >= 15 is 0 Å². The van der Waals surface area contributed by atoms with E-state index in [1.807, 2.05) is 0 Å². The van der Waals surface area contributed by atoms with Gasteiger partial charge >= 0.3 is 0 Å². The minimum absolute atomic E-state index is 0.484. The van der Waals surface area contributed by atoms with Crippen LogP contribution >= 0.6 is 11.3 Å². The van der Waals surface area contributed by atoms with E-state index in [9.17, 15) is 0 Å². The maximum absolute atomic E-state index is 5.87. The fourth-order valence-electron chi connectivity index (χ4n) is 3.27. The van der Waals surface area contributed by atoms with Gasteiger partial charge in [0.15, 0.2) is 5.13 Å². The van der Waals surface area contributed by atoms with Crippen molar-refractivity contribution in [1.82, 2.24) is 15.2 Å². The number of nitrogens with zero attached hydrogens (tertiary/aromatic N) is 2. The molecule has 0 amide bonds. The molecule has 5 heteroatoms. The number of nitrogens with two attached hydrogens (primary N) is 1. The molecule has 0 saturated carbocycles. The third kappa shape index (κ3) is 2.27. The Balaban J connectivity index is 1.80. The second kappa shape index (κ2) is 5.15. The number of piperidine rings is 1. The molecule has 18 heavy (non-hydrogen) atoms. The molecule has 2 aliphatic rings. The quantitative estimate of drug-likeness (QED) is 0.854. The Morgan fingerprint density at radius 1 is 1.56 bits per heavy atom. The predicted molar refractivity (Wildman–Crippen MR) is 75.8 cm³/mol. The molecule has 4 nitrogen and oxygen atoms in total. The maximum Gasteiger partial charge on any atom is 0.180 e. The fourth-order valence-corrected chi connectivity index (χ4v) is 4.32. The van der Waals surface area contributed by atoms with Crippen molar-refractivity contribution in [2.75, 3.05) is 31.9 Å². The summed E-state index contributed by atoms with van der Waals surface area (Å²) in [5.74, 6) is 0.720. The number of anilines is 1. The van der Waals surface area contributed by atoms with E-state index in [2.05, 4.69) is 22.1 Å². The zero-order chi connectivity index (χ0) is 12.5. The van der Waals surface area contributed by atoms with Crippen LogP contribution in [-0.2, 0) is 6.42 Å². The number of likely N-dealkylation sites (tertiary alicyclic amines) is 1. The molecule has 3 heterocycles. The first kappa shape index (κ1) is 12.4. The summed E-state index contributed by atoms with van der Waals surface area (Å²) in [7, 11) is 0. The summed E-state index contributed by atoms with van der Waals surface area (Å²) in [5, 5.41) is 4.42. The van der Waals surface area contributed by atoms with E-state index < -0.39 is 0 Å². The molecule has 2 aliphatic heterocycles. The van der Waals surface area contributed by atoms with Crippen molar-refractivity contribution >= 4 is 16.5 Å². The highest BCUT2D eigenvalue weighted by molar-refractivity contribution is 7.15. The van der Waals surface area contributed by atoms with E-state index in [1.165, 1.54) is 43.0 Å². The van der Waals surface area contributed by atoms with E-state index in [-0.39, 0.29) is 0 Å². The van der Waals surface area contributed by atoms with E-state index in [1.54, 1.807) is 11.3 Å². The van der Waals surface area contributed by atoms with Gasteiger partial charge in [0.2, 0.25) is 0 Å². The Morgan fingerprint density at radius 2 is 2.44 bits per heavy atom. The molecule has 3 rings (SSSR count). The highest BCUT2D eigenvalue weighted by Crippen LogP contribution is 2.37. The van der Waals surface area contributed by atoms with Crippen LogP contribution in [0.5, 0.6) is 0 Å². The van der Waals surface area contributed by atoms with Crippen molar-refractivity contribution in [2.24, 2.45) is 5.92 Å². The first-order valence-corrected chi connectivity index (χ1v) is 7.80. The van der Waals surface area contributed by atoms with Gasteiger partial charge in [-0.3, -0.25) is 0 Å². The molecule has 1 aromatic rings. The Labute approximate surface area is 113 Å². The molecule has 2 unspecified atom stereocenters. The van der Waals surface area contributed by atoms with Crippen LogP contribution < -0.4 is 11.1 Å². The second-order valence-corrected chi connectivity index (χ2v) is 6.40. The summed E-state index contributed by atoms with van der Waals surface area (Å²) in [6.07, 6.45) is 3.68. The van der Waals surface area contributed by atoms with Crippen LogP contribution in [0.3, 0.4) is 0 Å². The maximum atomic E-state index is 5.87. The lowest BCUT2D eigenvalue weighted by atomic mass is 9.87. The third-order valence-corrected chi connectivity index (χ3v) is 5.22. The lowest BCUT2D eigenvalue weighted by Crippen LogP contribution is -2.43. The molecule has 0 aromatic carbocycles. The van der Waals surface area contributed by atoms with Crippen LogP contribution in [-0.4, -0.2) is 36.1 Å². The van der Waals surface area contributed by atoms with Crippen LogP contribution in [0.25, 0.3) is 0 Å². The monoisotopic (exact) mass is 266 g/mol. The molecule has 1 aromatic heterocycles. The number of hydrogen-bond donors (Lipinski definition) is 2. The molecule has 3 N–H and O–H groups in total. The fraction of sp³-hybridized carbons (Fsp3) is 0.769. The number of hydrogen-bond acceptors (Lipinski definition) is 5. The Morgan fingerprint density at radius 3 is 3.28 bits per heavy atom. The summed E-state index contributed by atoms with van der Waals surface area (Å²) in [6, 6.07) is 0.484. The highest BCUT2D eigenvalue weighted by Gasteiger charge is 2.32. The standard InChI is InChI=1S/C13H22N4S/c1-2-17-7-3-4-9(8-17)11-12-10(5-6-15-11)16-13(14)18-12/h9,11,15H,2-8H2,1H3,(H2,14,16). The number of fused-ring (bicyclic) bond motifs is 1. The van der Waals surface area contributed by atoms with Gasteiger partial charge in [-0.2, -0.15) is 0 Å². The van der Waals surface area contributed by atoms with Crippen molar-refractivity contribution in [1.29, 1.82) is 0 Å². The Kier molecular flexibility index (Phi) is 3.54. The zero-order valence-corrected chi connectivity index (χ0v) is 11.8. The number of aromatic nitrogens is 1. The minimum Gasteiger partial charge on any atom is -0.375 e.